The van der Waals surface area contributed by atoms with E-state index in [9.17, 15) is 9.59 Å². The second kappa shape index (κ2) is 7.25. The van der Waals surface area contributed by atoms with Crippen LogP contribution in [0.15, 0.2) is 24.4 Å². The number of hydrogen-bond donors (Lipinski definition) is 2. The van der Waals surface area contributed by atoms with Crippen molar-refractivity contribution in [2.75, 3.05) is 24.9 Å². The van der Waals surface area contributed by atoms with Crippen LogP contribution in [0.1, 0.15) is 6.92 Å². The van der Waals surface area contributed by atoms with Crippen LogP contribution in [0, 0.1) is 0 Å². The summed E-state index contributed by atoms with van der Waals surface area (Å²) in [5.41, 5.74) is 0.485. The van der Waals surface area contributed by atoms with E-state index in [1.165, 1.54) is 32.0 Å². The third-order valence-electron chi connectivity index (χ3n) is 2.83. The molecule has 0 aliphatic heterocycles. The molecular weight excluding hydrogens is 302 g/mol. The van der Waals surface area contributed by atoms with Crippen LogP contribution in [0.2, 0.25) is 0 Å². The number of hydrogen-bond acceptors (Lipinski definition) is 6. The molecule has 0 saturated carbocycles. The summed E-state index contributed by atoms with van der Waals surface area (Å²) < 4.78 is 11.6. The van der Waals surface area contributed by atoms with Crippen LogP contribution in [0.5, 0.6) is 11.5 Å². The van der Waals surface area contributed by atoms with Crippen molar-refractivity contribution in [1.82, 2.24) is 15.0 Å². The molecule has 0 fully saturated rings. The van der Waals surface area contributed by atoms with Crippen molar-refractivity contribution < 1.29 is 19.1 Å². The standard InChI is InChI=1S/C14H17N5O4/c1-9(20)15-13-7-19(18-17-13)8-14(21)16-11-6-10(22-2)4-5-12(11)23-3/h4-7H,8H2,1-3H3,(H,15,20)(H,16,21). The Hall–Kier alpha value is -3.10. The Morgan fingerprint density at radius 3 is 2.65 bits per heavy atom. The van der Waals surface area contributed by atoms with Crippen molar-refractivity contribution >= 4 is 23.3 Å². The third-order valence-corrected chi connectivity index (χ3v) is 2.83. The number of carbonyl (C=O) groups is 2. The van der Waals surface area contributed by atoms with Crippen LogP contribution in [0.3, 0.4) is 0 Å². The fraction of sp³-hybridized carbons (Fsp3) is 0.286. The molecule has 1 aromatic heterocycles. The Kier molecular flexibility index (Phi) is 5.13. The van der Waals surface area contributed by atoms with Gasteiger partial charge in [0.15, 0.2) is 5.82 Å². The number of nitrogens with one attached hydrogen (secondary N) is 2. The lowest BCUT2D eigenvalue weighted by atomic mass is 10.2. The zero-order valence-electron chi connectivity index (χ0n) is 13.0. The predicted molar refractivity (Wildman–Crippen MR) is 82.5 cm³/mol. The lowest BCUT2D eigenvalue weighted by Crippen LogP contribution is -2.19. The Balaban J connectivity index is 2.04. The molecule has 0 aliphatic carbocycles. The van der Waals surface area contributed by atoms with Gasteiger partial charge in [-0.1, -0.05) is 5.21 Å². The average Bonchev–Trinajstić information content (AvgIpc) is 2.93. The minimum absolute atomic E-state index is 0.0626. The van der Waals surface area contributed by atoms with Gasteiger partial charge in [-0.15, -0.1) is 5.10 Å². The van der Waals surface area contributed by atoms with Crippen LogP contribution in [0.4, 0.5) is 11.5 Å². The number of amides is 2. The molecule has 0 spiro atoms. The highest BCUT2D eigenvalue weighted by Crippen LogP contribution is 2.28. The smallest absolute Gasteiger partial charge is 0.246 e. The Labute approximate surface area is 132 Å². The molecule has 9 nitrogen and oxygen atoms in total. The molecule has 1 aromatic carbocycles. The van der Waals surface area contributed by atoms with E-state index in [0.717, 1.165) is 0 Å². The summed E-state index contributed by atoms with van der Waals surface area (Å²) in [6, 6.07) is 5.07. The molecule has 1 heterocycles. The SMILES string of the molecule is COc1ccc(OC)c(NC(=O)Cn2cc(NC(C)=O)nn2)c1. The van der Waals surface area contributed by atoms with Gasteiger partial charge in [0.05, 0.1) is 26.1 Å². The summed E-state index contributed by atoms with van der Waals surface area (Å²) in [5.74, 6) is 0.800. The monoisotopic (exact) mass is 319 g/mol. The number of rotatable bonds is 6. The molecule has 9 heteroatoms. The number of carbonyl (C=O) groups excluding carboxylic acids is 2. The summed E-state index contributed by atoms with van der Waals surface area (Å²) in [5, 5.41) is 12.7. The summed E-state index contributed by atoms with van der Waals surface area (Å²) in [6.07, 6.45) is 1.46. The maximum absolute atomic E-state index is 12.1. The maximum Gasteiger partial charge on any atom is 0.246 e. The van der Waals surface area contributed by atoms with E-state index in [2.05, 4.69) is 20.9 Å². The predicted octanol–water partition coefficient (Wildman–Crippen LogP) is 0.892. The van der Waals surface area contributed by atoms with Gasteiger partial charge in [0.2, 0.25) is 11.8 Å². The second-order valence-electron chi connectivity index (χ2n) is 4.60. The van der Waals surface area contributed by atoms with Gasteiger partial charge in [-0.25, -0.2) is 4.68 Å². The molecule has 2 aromatic rings. The average molecular weight is 319 g/mol. The molecule has 2 rings (SSSR count). The van der Waals surface area contributed by atoms with E-state index >= 15 is 0 Å². The maximum atomic E-state index is 12.1. The van der Waals surface area contributed by atoms with Gasteiger partial charge >= 0.3 is 0 Å². The number of methoxy groups -OCH3 is 2. The first-order chi connectivity index (χ1) is 11.0. The Bertz CT molecular complexity index is 713. The number of nitrogens with zero attached hydrogens (tertiary/aromatic N) is 3. The molecule has 23 heavy (non-hydrogen) atoms. The largest absolute Gasteiger partial charge is 0.497 e. The number of ether oxygens (including phenoxy) is 2. The first-order valence-electron chi connectivity index (χ1n) is 6.71. The lowest BCUT2D eigenvalue weighted by Gasteiger charge is -2.11. The molecule has 0 aliphatic rings. The van der Waals surface area contributed by atoms with Crippen LogP contribution in [-0.2, 0) is 16.1 Å². The molecule has 0 atom stereocenters. The number of benzene rings is 1. The molecule has 122 valence electrons. The minimum Gasteiger partial charge on any atom is -0.497 e. The van der Waals surface area contributed by atoms with E-state index in [1.807, 2.05) is 0 Å². The number of aromatic nitrogens is 3. The minimum atomic E-state index is -0.323. The van der Waals surface area contributed by atoms with E-state index in [0.29, 0.717) is 17.2 Å². The van der Waals surface area contributed by atoms with Gasteiger partial charge in [0, 0.05) is 13.0 Å². The lowest BCUT2D eigenvalue weighted by molar-refractivity contribution is -0.117. The quantitative estimate of drug-likeness (QED) is 0.819. The van der Waals surface area contributed by atoms with Gasteiger partial charge in [0.1, 0.15) is 18.0 Å². The zero-order valence-corrected chi connectivity index (χ0v) is 13.0. The fourth-order valence-corrected chi connectivity index (χ4v) is 1.86. The first-order valence-corrected chi connectivity index (χ1v) is 6.71. The fourth-order valence-electron chi connectivity index (χ4n) is 1.86. The molecule has 2 amide bonds. The van der Waals surface area contributed by atoms with Crippen molar-refractivity contribution in [2.45, 2.75) is 13.5 Å². The molecule has 0 unspecified atom stereocenters. The Morgan fingerprint density at radius 1 is 1.22 bits per heavy atom. The van der Waals surface area contributed by atoms with E-state index in [1.54, 1.807) is 18.2 Å². The van der Waals surface area contributed by atoms with E-state index in [-0.39, 0.29) is 24.2 Å². The molecule has 0 saturated heterocycles. The van der Waals surface area contributed by atoms with Crippen molar-refractivity contribution in [1.29, 1.82) is 0 Å². The highest BCUT2D eigenvalue weighted by Gasteiger charge is 2.11. The second-order valence-corrected chi connectivity index (χ2v) is 4.60. The van der Waals surface area contributed by atoms with Gasteiger partial charge in [-0.3, -0.25) is 9.59 Å². The number of anilines is 2. The van der Waals surface area contributed by atoms with E-state index in [4.69, 9.17) is 9.47 Å². The molecule has 2 N–H and O–H groups in total. The summed E-state index contributed by atoms with van der Waals surface area (Å²) in [7, 11) is 3.04. The van der Waals surface area contributed by atoms with Crippen molar-refractivity contribution in [3.63, 3.8) is 0 Å². The van der Waals surface area contributed by atoms with Crippen molar-refractivity contribution in [3.05, 3.63) is 24.4 Å². The summed E-state index contributed by atoms with van der Waals surface area (Å²) in [6.45, 7) is 1.30. The van der Waals surface area contributed by atoms with Gasteiger partial charge in [-0.05, 0) is 12.1 Å². The third kappa shape index (κ3) is 4.43. The highest BCUT2D eigenvalue weighted by atomic mass is 16.5. The van der Waals surface area contributed by atoms with Gasteiger partial charge in [-0.2, -0.15) is 0 Å². The molecular formula is C14H17N5O4. The molecule has 0 radical (unpaired) electrons. The van der Waals surface area contributed by atoms with E-state index < -0.39 is 0 Å². The van der Waals surface area contributed by atoms with Crippen LogP contribution < -0.4 is 20.1 Å². The van der Waals surface area contributed by atoms with Crippen LogP contribution >= 0.6 is 0 Å². The zero-order chi connectivity index (χ0) is 16.8. The van der Waals surface area contributed by atoms with Crippen LogP contribution in [0.25, 0.3) is 0 Å². The summed E-state index contributed by atoms with van der Waals surface area (Å²) >= 11 is 0. The summed E-state index contributed by atoms with van der Waals surface area (Å²) in [4.78, 5) is 23.0. The topological polar surface area (TPSA) is 107 Å². The van der Waals surface area contributed by atoms with Crippen molar-refractivity contribution in [3.8, 4) is 11.5 Å². The first kappa shape index (κ1) is 16.3. The normalized spacial score (nSPS) is 10.0. The Morgan fingerprint density at radius 2 is 2.00 bits per heavy atom. The van der Waals surface area contributed by atoms with Gasteiger partial charge < -0.3 is 20.1 Å². The molecule has 0 bridgehead atoms. The van der Waals surface area contributed by atoms with Crippen LogP contribution in [-0.4, -0.2) is 41.0 Å². The van der Waals surface area contributed by atoms with Gasteiger partial charge in [0.25, 0.3) is 0 Å². The van der Waals surface area contributed by atoms with Crippen molar-refractivity contribution in [2.24, 2.45) is 0 Å². The highest BCUT2D eigenvalue weighted by molar-refractivity contribution is 5.92.